The average Bonchev–Trinajstić information content (AvgIpc) is 2.50. The van der Waals surface area contributed by atoms with Crippen LogP contribution >= 0.6 is 15.9 Å². The Bertz CT molecular complexity index is 653. The van der Waals surface area contributed by atoms with Gasteiger partial charge in [0, 0.05) is 4.47 Å². The number of nitrogens with one attached hydrogen (secondary N) is 1. The van der Waals surface area contributed by atoms with Gasteiger partial charge in [-0.05, 0) is 71.6 Å². The van der Waals surface area contributed by atoms with Crippen LogP contribution in [0.4, 0.5) is 5.69 Å². The van der Waals surface area contributed by atoms with Crippen molar-refractivity contribution in [3.05, 3.63) is 58.1 Å². The van der Waals surface area contributed by atoms with Gasteiger partial charge >= 0.3 is 0 Å². The molecule has 0 aromatic heterocycles. The lowest BCUT2D eigenvalue weighted by atomic mass is 10.2. The number of hydrogen-bond acceptors (Lipinski definition) is 2. The predicted octanol–water partition coefficient (Wildman–Crippen LogP) is 4.73. The van der Waals surface area contributed by atoms with Crippen LogP contribution in [0.15, 0.2) is 46.9 Å². The molecule has 116 valence electrons. The molecule has 2 aromatic carbocycles. The van der Waals surface area contributed by atoms with E-state index in [1.807, 2.05) is 49.4 Å². The third-order valence-corrected chi connectivity index (χ3v) is 4.05. The van der Waals surface area contributed by atoms with Crippen molar-refractivity contribution in [3.8, 4) is 5.75 Å². The molecule has 0 aliphatic carbocycles. The van der Waals surface area contributed by atoms with E-state index in [4.69, 9.17) is 4.74 Å². The second kappa shape index (κ2) is 7.45. The fourth-order valence-electron chi connectivity index (χ4n) is 2.02. The maximum absolute atomic E-state index is 12.2. The third-order valence-electron chi connectivity index (χ3n) is 3.40. The number of carbonyl (C=O) groups excluding carboxylic acids is 1. The lowest BCUT2D eigenvalue weighted by Gasteiger charge is -2.16. The zero-order valence-corrected chi connectivity index (χ0v) is 14.6. The highest BCUT2D eigenvalue weighted by Gasteiger charge is 2.16. The zero-order valence-electron chi connectivity index (χ0n) is 13.0. The molecule has 0 saturated heterocycles. The molecule has 0 saturated carbocycles. The topological polar surface area (TPSA) is 38.3 Å². The van der Waals surface area contributed by atoms with E-state index in [1.165, 1.54) is 5.56 Å². The van der Waals surface area contributed by atoms with Crippen LogP contribution in [0.2, 0.25) is 0 Å². The van der Waals surface area contributed by atoms with Crippen molar-refractivity contribution in [1.82, 2.24) is 0 Å². The number of rotatable bonds is 5. The molecule has 0 aliphatic heterocycles. The summed E-state index contributed by atoms with van der Waals surface area (Å²) in [4.78, 5) is 12.2. The van der Waals surface area contributed by atoms with Crippen molar-refractivity contribution in [2.45, 2.75) is 33.3 Å². The summed E-state index contributed by atoms with van der Waals surface area (Å²) in [6, 6.07) is 13.6. The van der Waals surface area contributed by atoms with Gasteiger partial charge in [-0.2, -0.15) is 0 Å². The van der Waals surface area contributed by atoms with E-state index in [-0.39, 0.29) is 5.91 Å². The highest BCUT2D eigenvalue weighted by Crippen LogP contribution is 2.24. The Labute approximate surface area is 139 Å². The van der Waals surface area contributed by atoms with Gasteiger partial charge in [0.2, 0.25) is 0 Å². The summed E-state index contributed by atoms with van der Waals surface area (Å²) in [5.41, 5.74) is 3.12. The second-order valence-corrected chi connectivity index (χ2v) is 6.08. The van der Waals surface area contributed by atoms with Crippen molar-refractivity contribution < 1.29 is 9.53 Å². The number of aryl methyl sites for hydroxylation is 2. The monoisotopic (exact) mass is 361 g/mol. The van der Waals surface area contributed by atoms with Gasteiger partial charge in [-0.3, -0.25) is 4.79 Å². The van der Waals surface area contributed by atoms with Crippen molar-refractivity contribution in [3.63, 3.8) is 0 Å². The van der Waals surface area contributed by atoms with E-state index in [0.717, 1.165) is 22.1 Å². The van der Waals surface area contributed by atoms with E-state index in [2.05, 4.69) is 28.2 Å². The van der Waals surface area contributed by atoms with Crippen LogP contribution in [0.3, 0.4) is 0 Å². The van der Waals surface area contributed by atoms with Crippen LogP contribution in [0.5, 0.6) is 5.75 Å². The highest BCUT2D eigenvalue weighted by molar-refractivity contribution is 9.10. The number of carbonyl (C=O) groups is 1. The zero-order chi connectivity index (χ0) is 16.1. The van der Waals surface area contributed by atoms with Gasteiger partial charge in [0.15, 0.2) is 6.10 Å². The SMILES string of the molecule is CCc1ccc(OC(C)C(=O)Nc2ccc(C)cc2Br)cc1. The molecular weight excluding hydrogens is 342 g/mol. The summed E-state index contributed by atoms with van der Waals surface area (Å²) in [6.45, 7) is 5.85. The Morgan fingerprint density at radius 2 is 1.91 bits per heavy atom. The molecule has 1 N–H and O–H groups in total. The summed E-state index contributed by atoms with van der Waals surface area (Å²) < 4.78 is 6.55. The van der Waals surface area contributed by atoms with Crippen LogP contribution in [-0.2, 0) is 11.2 Å². The number of ether oxygens (including phenoxy) is 1. The smallest absolute Gasteiger partial charge is 0.265 e. The quantitative estimate of drug-likeness (QED) is 0.835. The summed E-state index contributed by atoms with van der Waals surface area (Å²) >= 11 is 3.45. The third kappa shape index (κ3) is 4.34. The fraction of sp³-hybridized carbons (Fsp3) is 0.278. The number of amides is 1. The first kappa shape index (κ1) is 16.6. The van der Waals surface area contributed by atoms with Gasteiger partial charge in [-0.1, -0.05) is 25.1 Å². The molecule has 1 amide bonds. The van der Waals surface area contributed by atoms with Crippen molar-refractivity contribution in [2.75, 3.05) is 5.32 Å². The Morgan fingerprint density at radius 1 is 1.23 bits per heavy atom. The number of halogens is 1. The number of anilines is 1. The molecule has 22 heavy (non-hydrogen) atoms. The summed E-state index contributed by atoms with van der Waals surface area (Å²) in [5, 5.41) is 2.87. The lowest BCUT2D eigenvalue weighted by Crippen LogP contribution is -2.30. The molecule has 0 aliphatic rings. The van der Waals surface area contributed by atoms with E-state index >= 15 is 0 Å². The van der Waals surface area contributed by atoms with Crippen molar-refractivity contribution in [2.24, 2.45) is 0 Å². The molecule has 4 heteroatoms. The minimum Gasteiger partial charge on any atom is -0.481 e. The summed E-state index contributed by atoms with van der Waals surface area (Å²) in [5.74, 6) is 0.520. The Hall–Kier alpha value is -1.81. The summed E-state index contributed by atoms with van der Waals surface area (Å²) in [7, 11) is 0. The Morgan fingerprint density at radius 3 is 2.50 bits per heavy atom. The number of hydrogen-bond donors (Lipinski definition) is 1. The fourth-order valence-corrected chi connectivity index (χ4v) is 2.61. The first-order valence-electron chi connectivity index (χ1n) is 7.32. The first-order chi connectivity index (χ1) is 10.5. The van der Waals surface area contributed by atoms with Gasteiger partial charge in [-0.25, -0.2) is 0 Å². The average molecular weight is 362 g/mol. The van der Waals surface area contributed by atoms with Gasteiger partial charge in [-0.15, -0.1) is 0 Å². The maximum atomic E-state index is 12.2. The summed E-state index contributed by atoms with van der Waals surface area (Å²) in [6.07, 6.45) is 0.415. The van der Waals surface area contributed by atoms with Crippen LogP contribution < -0.4 is 10.1 Å². The molecule has 1 unspecified atom stereocenters. The van der Waals surface area contributed by atoms with Crippen LogP contribution in [0.25, 0.3) is 0 Å². The first-order valence-corrected chi connectivity index (χ1v) is 8.11. The van der Waals surface area contributed by atoms with Crippen LogP contribution in [-0.4, -0.2) is 12.0 Å². The second-order valence-electron chi connectivity index (χ2n) is 5.23. The molecule has 0 radical (unpaired) electrons. The number of benzene rings is 2. The molecule has 2 rings (SSSR count). The van der Waals surface area contributed by atoms with Gasteiger partial charge in [0.05, 0.1) is 5.69 Å². The normalized spacial score (nSPS) is 11.8. The molecular formula is C18H20BrNO2. The van der Waals surface area contributed by atoms with Crippen molar-refractivity contribution >= 4 is 27.5 Å². The minimum atomic E-state index is -0.569. The minimum absolute atomic E-state index is 0.177. The molecule has 0 fully saturated rings. The van der Waals surface area contributed by atoms with Gasteiger partial charge in [0.1, 0.15) is 5.75 Å². The van der Waals surface area contributed by atoms with Gasteiger partial charge < -0.3 is 10.1 Å². The standard InChI is InChI=1S/C18H20BrNO2/c1-4-14-6-8-15(9-7-14)22-13(3)18(21)20-17-10-5-12(2)11-16(17)19/h5-11,13H,4H2,1-3H3,(H,20,21). The molecule has 2 aromatic rings. The van der Waals surface area contributed by atoms with Crippen LogP contribution in [0.1, 0.15) is 25.0 Å². The largest absolute Gasteiger partial charge is 0.481 e. The van der Waals surface area contributed by atoms with E-state index < -0.39 is 6.10 Å². The Balaban J connectivity index is 1.99. The van der Waals surface area contributed by atoms with Gasteiger partial charge in [0.25, 0.3) is 5.91 Å². The van der Waals surface area contributed by atoms with Crippen molar-refractivity contribution in [1.29, 1.82) is 0 Å². The molecule has 1 atom stereocenters. The molecule has 3 nitrogen and oxygen atoms in total. The maximum Gasteiger partial charge on any atom is 0.265 e. The Kier molecular flexibility index (Phi) is 5.61. The lowest BCUT2D eigenvalue weighted by molar-refractivity contribution is -0.122. The molecule has 0 spiro atoms. The highest BCUT2D eigenvalue weighted by atomic mass is 79.9. The van der Waals surface area contributed by atoms with E-state index in [9.17, 15) is 4.79 Å². The molecule has 0 heterocycles. The van der Waals surface area contributed by atoms with E-state index in [0.29, 0.717) is 5.75 Å². The predicted molar refractivity (Wildman–Crippen MR) is 93.4 cm³/mol. The van der Waals surface area contributed by atoms with Crippen LogP contribution in [0, 0.1) is 6.92 Å². The molecule has 0 bridgehead atoms. The van der Waals surface area contributed by atoms with E-state index in [1.54, 1.807) is 6.92 Å².